The number of hydrogen-bond donors (Lipinski definition) is 2. The van der Waals surface area contributed by atoms with Gasteiger partial charge in [0.2, 0.25) is 3.79 Å². The molecule has 2 N–H and O–H groups in total. The number of amides is 2. The largest absolute Gasteiger partial charge is 0.463 e. The van der Waals surface area contributed by atoms with Gasteiger partial charge in [-0.3, -0.25) is 14.4 Å². The van der Waals surface area contributed by atoms with Crippen LogP contribution in [-0.2, 0) is 47.5 Å². The molecule has 0 unspecified atom stereocenters. The minimum Gasteiger partial charge on any atom is -0.463 e. The Morgan fingerprint density at radius 3 is 2.13 bits per heavy atom. The normalized spacial score (nSPS) is 22.6. The summed E-state index contributed by atoms with van der Waals surface area (Å²) in [5.74, 6) is -2.24. The molecule has 222 valence electrons. The maximum Gasteiger partial charge on any atom is 0.407 e. The Morgan fingerprint density at radius 2 is 1.56 bits per heavy atom. The van der Waals surface area contributed by atoms with Crippen LogP contribution in [0, 0.1) is 0 Å². The monoisotopic (exact) mass is 620 g/mol. The standard InChI is InChI=1S/C22H31Cl3N2O12/c1-5-8-34-20(31)26-7-6-9-33-19-16(27-21(32)36-11-22(23,24)25)18(38-14(4)30)17(37-13(3)29)15(39-19)10-35-12(2)28/h5,15-19H,1,6-11H2,2-4H3,(H,26,31)(H,27,32)/t15-,16-,17-,18-,19-/m1/s1. The van der Waals surface area contributed by atoms with Crippen molar-refractivity contribution in [2.75, 3.05) is 33.0 Å². The van der Waals surface area contributed by atoms with Crippen LogP contribution in [0.25, 0.3) is 0 Å². The van der Waals surface area contributed by atoms with Gasteiger partial charge >= 0.3 is 30.1 Å². The van der Waals surface area contributed by atoms with E-state index in [1.165, 1.54) is 6.08 Å². The van der Waals surface area contributed by atoms with Gasteiger partial charge in [0.05, 0.1) is 6.61 Å². The summed E-state index contributed by atoms with van der Waals surface area (Å²) in [5, 5.41) is 4.90. The number of nitrogens with one attached hydrogen (secondary N) is 2. The van der Waals surface area contributed by atoms with Gasteiger partial charge < -0.3 is 43.8 Å². The van der Waals surface area contributed by atoms with E-state index in [9.17, 15) is 24.0 Å². The van der Waals surface area contributed by atoms with E-state index in [0.29, 0.717) is 0 Å². The third-order valence-corrected chi connectivity index (χ3v) is 4.88. The van der Waals surface area contributed by atoms with Gasteiger partial charge in [0, 0.05) is 27.3 Å². The lowest BCUT2D eigenvalue weighted by Crippen LogP contribution is -2.66. The first-order valence-electron chi connectivity index (χ1n) is 11.5. The molecule has 0 aromatic heterocycles. The van der Waals surface area contributed by atoms with E-state index < -0.39 is 77.7 Å². The van der Waals surface area contributed by atoms with Crippen LogP contribution in [-0.4, -0.2) is 97.5 Å². The molecule has 0 radical (unpaired) electrons. The zero-order valence-electron chi connectivity index (χ0n) is 21.4. The summed E-state index contributed by atoms with van der Waals surface area (Å²) in [6, 6.07) is -1.32. The average molecular weight is 622 g/mol. The number of ether oxygens (including phenoxy) is 7. The van der Waals surface area contributed by atoms with Gasteiger partial charge in [0.1, 0.15) is 32.0 Å². The van der Waals surface area contributed by atoms with E-state index in [-0.39, 0.29) is 26.2 Å². The highest BCUT2D eigenvalue weighted by atomic mass is 35.6. The highest BCUT2D eigenvalue weighted by Gasteiger charge is 2.51. The Kier molecular flexibility index (Phi) is 15.2. The van der Waals surface area contributed by atoms with Crippen molar-refractivity contribution in [3.8, 4) is 0 Å². The van der Waals surface area contributed by atoms with E-state index in [4.69, 9.17) is 68.0 Å². The Bertz CT molecular complexity index is 870. The van der Waals surface area contributed by atoms with Crippen LogP contribution in [0.2, 0.25) is 0 Å². The SMILES string of the molecule is C=CCOC(=O)NCCCO[C@@H]1O[C@H](COC(C)=O)[C@@H](OC(C)=O)[C@H](OC(C)=O)[C@H]1NC(=O)OCC(Cl)(Cl)Cl. The molecule has 1 fully saturated rings. The van der Waals surface area contributed by atoms with Gasteiger partial charge in [-0.1, -0.05) is 47.5 Å². The molecule has 1 rings (SSSR count). The van der Waals surface area contributed by atoms with Crippen molar-refractivity contribution in [1.29, 1.82) is 0 Å². The van der Waals surface area contributed by atoms with Crippen molar-refractivity contribution in [2.24, 2.45) is 0 Å². The Balaban J connectivity index is 3.14. The van der Waals surface area contributed by atoms with Crippen molar-refractivity contribution in [3.05, 3.63) is 12.7 Å². The third kappa shape index (κ3) is 14.4. The first kappa shape index (κ1) is 34.5. The van der Waals surface area contributed by atoms with E-state index in [0.717, 1.165) is 20.8 Å². The summed E-state index contributed by atoms with van der Waals surface area (Å²) in [4.78, 5) is 59.3. The number of alkyl halides is 3. The molecular weight excluding hydrogens is 591 g/mol. The molecular formula is C22H31Cl3N2O12. The Hall–Kier alpha value is -2.52. The second kappa shape index (κ2) is 17.2. The van der Waals surface area contributed by atoms with Crippen molar-refractivity contribution in [3.63, 3.8) is 0 Å². The predicted octanol–water partition coefficient (Wildman–Crippen LogP) is 1.92. The summed E-state index contributed by atoms with van der Waals surface area (Å²) in [6.07, 6.45) is -5.36. The molecule has 0 saturated carbocycles. The van der Waals surface area contributed by atoms with Crippen LogP contribution in [0.5, 0.6) is 0 Å². The number of carbonyl (C=O) groups is 5. The summed E-state index contributed by atoms with van der Waals surface area (Å²) < 4.78 is 35.1. The predicted molar refractivity (Wildman–Crippen MR) is 135 cm³/mol. The van der Waals surface area contributed by atoms with Crippen LogP contribution >= 0.6 is 34.8 Å². The number of halogens is 3. The fourth-order valence-electron chi connectivity index (χ4n) is 3.17. The molecule has 0 aromatic carbocycles. The van der Waals surface area contributed by atoms with E-state index >= 15 is 0 Å². The maximum absolute atomic E-state index is 12.5. The zero-order chi connectivity index (χ0) is 29.6. The minimum atomic E-state index is -1.92. The second-order valence-corrected chi connectivity index (χ2v) is 10.4. The maximum atomic E-state index is 12.5. The molecule has 14 nitrogen and oxygen atoms in total. The van der Waals surface area contributed by atoms with Gasteiger partial charge in [0.25, 0.3) is 0 Å². The van der Waals surface area contributed by atoms with Crippen molar-refractivity contribution >= 4 is 64.9 Å². The summed E-state index contributed by atoms with van der Waals surface area (Å²) in [5.41, 5.74) is 0. The topological polar surface area (TPSA) is 174 Å². The van der Waals surface area contributed by atoms with Crippen LogP contribution < -0.4 is 10.6 Å². The number of carbonyl (C=O) groups excluding carboxylic acids is 5. The average Bonchev–Trinajstić information content (AvgIpc) is 2.82. The molecule has 5 atom stereocenters. The van der Waals surface area contributed by atoms with Gasteiger partial charge in [-0.15, -0.1) is 0 Å². The lowest BCUT2D eigenvalue weighted by molar-refractivity contribution is -0.277. The number of rotatable bonds is 13. The van der Waals surface area contributed by atoms with Crippen LogP contribution in [0.3, 0.4) is 0 Å². The minimum absolute atomic E-state index is 0.0325. The first-order chi connectivity index (χ1) is 18.2. The molecule has 0 aliphatic carbocycles. The highest BCUT2D eigenvalue weighted by Crippen LogP contribution is 2.29. The molecule has 1 aliphatic heterocycles. The third-order valence-electron chi connectivity index (χ3n) is 4.56. The number of hydrogen-bond acceptors (Lipinski definition) is 12. The molecule has 0 aromatic rings. The fourth-order valence-corrected chi connectivity index (χ4v) is 3.34. The fraction of sp³-hybridized carbons (Fsp3) is 0.682. The van der Waals surface area contributed by atoms with Crippen molar-refractivity contribution < 1.29 is 57.1 Å². The molecule has 1 saturated heterocycles. The van der Waals surface area contributed by atoms with Gasteiger partial charge in [-0.05, 0) is 6.42 Å². The van der Waals surface area contributed by atoms with E-state index in [2.05, 4.69) is 17.2 Å². The summed E-state index contributed by atoms with van der Waals surface area (Å²) >= 11 is 16.9. The molecule has 39 heavy (non-hydrogen) atoms. The summed E-state index contributed by atoms with van der Waals surface area (Å²) in [6.45, 7) is 5.87. The van der Waals surface area contributed by atoms with Gasteiger partial charge in [-0.2, -0.15) is 0 Å². The quantitative estimate of drug-likeness (QED) is 0.101. The molecule has 1 aliphatic rings. The van der Waals surface area contributed by atoms with Crippen molar-refractivity contribution in [2.45, 2.75) is 61.6 Å². The lowest BCUT2D eigenvalue weighted by atomic mass is 9.96. The zero-order valence-corrected chi connectivity index (χ0v) is 23.7. The Labute approximate surface area is 239 Å². The molecule has 0 bridgehead atoms. The first-order valence-corrected chi connectivity index (χ1v) is 12.6. The molecule has 2 amide bonds. The second-order valence-electron chi connectivity index (χ2n) is 7.89. The van der Waals surface area contributed by atoms with Gasteiger partial charge in [0.15, 0.2) is 18.5 Å². The number of alkyl carbamates (subject to hydrolysis) is 2. The van der Waals surface area contributed by atoms with Gasteiger partial charge in [-0.25, -0.2) is 9.59 Å². The van der Waals surface area contributed by atoms with Crippen LogP contribution in [0.1, 0.15) is 27.2 Å². The van der Waals surface area contributed by atoms with Crippen LogP contribution in [0.4, 0.5) is 9.59 Å². The molecule has 0 spiro atoms. The van der Waals surface area contributed by atoms with Crippen molar-refractivity contribution in [1.82, 2.24) is 10.6 Å². The van der Waals surface area contributed by atoms with E-state index in [1.807, 2.05) is 0 Å². The molecule has 17 heteroatoms. The Morgan fingerprint density at radius 1 is 0.923 bits per heavy atom. The summed E-state index contributed by atoms with van der Waals surface area (Å²) in [7, 11) is 0. The van der Waals surface area contributed by atoms with E-state index in [1.54, 1.807) is 0 Å². The number of esters is 3. The smallest absolute Gasteiger partial charge is 0.407 e. The lowest BCUT2D eigenvalue weighted by Gasteiger charge is -2.44. The highest BCUT2D eigenvalue weighted by molar-refractivity contribution is 6.67. The molecule has 1 heterocycles. The van der Waals surface area contributed by atoms with Crippen LogP contribution in [0.15, 0.2) is 12.7 Å².